The van der Waals surface area contributed by atoms with Crippen molar-refractivity contribution in [2.75, 3.05) is 11.9 Å². The van der Waals surface area contributed by atoms with Crippen molar-refractivity contribution in [1.82, 2.24) is 4.98 Å². The summed E-state index contributed by atoms with van der Waals surface area (Å²) < 4.78 is 0. The molecule has 0 unspecified atom stereocenters. The van der Waals surface area contributed by atoms with Crippen molar-refractivity contribution in [1.29, 1.82) is 0 Å². The number of nitrogens with two attached hydrogens (primary N) is 1. The van der Waals surface area contributed by atoms with Crippen LogP contribution in [0, 0.1) is 0 Å². The third kappa shape index (κ3) is 5.89. The van der Waals surface area contributed by atoms with E-state index in [0.717, 1.165) is 43.1 Å². The van der Waals surface area contributed by atoms with Gasteiger partial charge in [0.2, 0.25) is 5.91 Å². The zero-order valence-corrected chi connectivity index (χ0v) is 12.7. The van der Waals surface area contributed by atoms with Crippen molar-refractivity contribution in [2.45, 2.75) is 50.9 Å². The number of hydrogen-bond acceptors (Lipinski definition) is 4. The second-order valence-corrected chi connectivity index (χ2v) is 5.71. The van der Waals surface area contributed by atoms with Crippen molar-refractivity contribution < 1.29 is 4.79 Å². The van der Waals surface area contributed by atoms with E-state index < -0.39 is 0 Å². The largest absolute Gasteiger partial charge is 0.330 e. The second kappa shape index (κ2) is 8.51. The lowest BCUT2D eigenvalue weighted by Gasteiger charge is -2.01. The van der Waals surface area contributed by atoms with Crippen LogP contribution in [0.25, 0.3) is 0 Å². The highest BCUT2D eigenvalue weighted by Crippen LogP contribution is 2.40. The number of carbonyl (C=O) groups excluding carboxylic acids is 1. The molecule has 0 saturated heterocycles. The van der Waals surface area contributed by atoms with Gasteiger partial charge in [0.1, 0.15) is 0 Å². The van der Waals surface area contributed by atoms with E-state index in [0.29, 0.717) is 12.3 Å². The topological polar surface area (TPSA) is 68.0 Å². The molecule has 0 aliphatic heterocycles. The van der Waals surface area contributed by atoms with Gasteiger partial charge in [-0.05, 0) is 32.2 Å². The van der Waals surface area contributed by atoms with Gasteiger partial charge in [-0.3, -0.25) is 4.79 Å². The van der Waals surface area contributed by atoms with Crippen LogP contribution in [-0.2, 0) is 4.79 Å². The molecule has 0 radical (unpaired) electrons. The van der Waals surface area contributed by atoms with E-state index in [1.54, 1.807) is 0 Å². The fraction of sp³-hybridized carbons (Fsp3) is 0.692. The standard InChI is InChI=1S/C13H21N3OS.ClH/c14-8-4-2-1-3-5-12(17)16-13-15-11(9-18-13)10-6-7-10;/h9-10H,1-8,14H2,(H,15,16,17);1H. The van der Waals surface area contributed by atoms with Crippen LogP contribution in [0.4, 0.5) is 5.13 Å². The van der Waals surface area contributed by atoms with Crippen LogP contribution < -0.4 is 11.1 Å². The number of rotatable bonds is 8. The summed E-state index contributed by atoms with van der Waals surface area (Å²) in [5.41, 5.74) is 6.57. The Hall–Kier alpha value is -0.650. The Morgan fingerprint density at radius 3 is 2.79 bits per heavy atom. The fourth-order valence-electron chi connectivity index (χ4n) is 1.88. The SMILES string of the molecule is Cl.NCCCCCCC(=O)Nc1nc(C2CC2)cs1. The molecular formula is C13H22ClN3OS. The minimum absolute atomic E-state index is 0. The van der Waals surface area contributed by atoms with E-state index in [-0.39, 0.29) is 18.3 Å². The quantitative estimate of drug-likeness (QED) is 0.724. The molecule has 1 aliphatic rings. The molecule has 19 heavy (non-hydrogen) atoms. The second-order valence-electron chi connectivity index (χ2n) is 4.85. The van der Waals surface area contributed by atoms with E-state index in [1.165, 1.54) is 24.2 Å². The van der Waals surface area contributed by atoms with Gasteiger partial charge in [-0.1, -0.05) is 12.8 Å². The Kier molecular flexibility index (Phi) is 7.34. The molecule has 1 aromatic rings. The average Bonchev–Trinajstić information content (AvgIpc) is 3.11. The minimum Gasteiger partial charge on any atom is -0.330 e. The van der Waals surface area contributed by atoms with Gasteiger partial charge in [0, 0.05) is 17.7 Å². The van der Waals surface area contributed by atoms with Crippen LogP contribution in [-0.4, -0.2) is 17.4 Å². The van der Waals surface area contributed by atoms with Gasteiger partial charge in [-0.2, -0.15) is 0 Å². The van der Waals surface area contributed by atoms with Crippen LogP contribution in [0.2, 0.25) is 0 Å². The summed E-state index contributed by atoms with van der Waals surface area (Å²) in [4.78, 5) is 16.1. The number of halogens is 1. The highest BCUT2D eigenvalue weighted by atomic mass is 35.5. The van der Waals surface area contributed by atoms with E-state index in [1.807, 2.05) is 0 Å². The lowest BCUT2D eigenvalue weighted by Crippen LogP contribution is -2.11. The van der Waals surface area contributed by atoms with Crippen LogP contribution in [0.3, 0.4) is 0 Å². The van der Waals surface area contributed by atoms with Crippen molar-refractivity contribution in [3.63, 3.8) is 0 Å². The number of aromatic nitrogens is 1. The first-order valence-corrected chi connectivity index (χ1v) is 7.63. The molecule has 1 fully saturated rings. The van der Waals surface area contributed by atoms with Crippen LogP contribution in [0.1, 0.15) is 56.6 Å². The molecule has 108 valence electrons. The Bertz CT molecular complexity index is 393. The van der Waals surface area contributed by atoms with Gasteiger partial charge >= 0.3 is 0 Å². The van der Waals surface area contributed by atoms with Gasteiger partial charge in [0.25, 0.3) is 0 Å². The van der Waals surface area contributed by atoms with Crippen molar-refractivity contribution in [3.8, 4) is 0 Å². The van der Waals surface area contributed by atoms with Gasteiger partial charge in [0.05, 0.1) is 5.69 Å². The van der Waals surface area contributed by atoms with Crippen LogP contribution >= 0.6 is 23.7 Å². The minimum atomic E-state index is 0. The molecule has 1 saturated carbocycles. The van der Waals surface area contributed by atoms with Crippen molar-refractivity contribution in [3.05, 3.63) is 11.1 Å². The van der Waals surface area contributed by atoms with Gasteiger partial charge in [0.15, 0.2) is 5.13 Å². The number of nitrogens with zero attached hydrogens (tertiary/aromatic N) is 1. The number of unbranched alkanes of at least 4 members (excludes halogenated alkanes) is 3. The van der Waals surface area contributed by atoms with Gasteiger partial charge < -0.3 is 11.1 Å². The normalized spacial score (nSPS) is 13.9. The third-order valence-corrected chi connectivity index (χ3v) is 3.90. The zero-order valence-electron chi connectivity index (χ0n) is 11.1. The molecule has 4 nitrogen and oxygen atoms in total. The van der Waals surface area contributed by atoms with Crippen molar-refractivity contribution >= 4 is 34.8 Å². The Morgan fingerprint density at radius 1 is 1.37 bits per heavy atom. The number of amides is 1. The average molecular weight is 304 g/mol. The molecule has 0 atom stereocenters. The third-order valence-electron chi connectivity index (χ3n) is 3.12. The van der Waals surface area contributed by atoms with E-state index >= 15 is 0 Å². The maximum absolute atomic E-state index is 11.7. The molecule has 6 heteroatoms. The number of hydrogen-bond donors (Lipinski definition) is 2. The maximum atomic E-state index is 11.7. The lowest BCUT2D eigenvalue weighted by atomic mass is 10.1. The molecule has 1 aromatic heterocycles. The number of anilines is 1. The smallest absolute Gasteiger partial charge is 0.226 e. The predicted molar refractivity (Wildman–Crippen MR) is 82.1 cm³/mol. The summed E-state index contributed by atoms with van der Waals surface area (Å²) in [6.07, 6.45) is 7.27. The molecule has 0 spiro atoms. The molecule has 0 aromatic carbocycles. The summed E-state index contributed by atoms with van der Waals surface area (Å²) in [6.45, 7) is 0.745. The molecular weight excluding hydrogens is 282 g/mol. The first-order valence-electron chi connectivity index (χ1n) is 6.75. The first-order chi connectivity index (χ1) is 8.79. The number of nitrogens with one attached hydrogen (secondary N) is 1. The summed E-state index contributed by atoms with van der Waals surface area (Å²) in [5, 5.41) is 5.70. The maximum Gasteiger partial charge on any atom is 0.226 e. The Labute approximate surface area is 124 Å². The van der Waals surface area contributed by atoms with Crippen molar-refractivity contribution in [2.24, 2.45) is 5.73 Å². The van der Waals surface area contributed by atoms with Crippen LogP contribution in [0.5, 0.6) is 0 Å². The number of carbonyl (C=O) groups is 1. The first kappa shape index (κ1) is 16.4. The van der Waals surface area contributed by atoms with Crippen LogP contribution in [0.15, 0.2) is 5.38 Å². The monoisotopic (exact) mass is 303 g/mol. The van der Waals surface area contributed by atoms with E-state index in [2.05, 4.69) is 15.7 Å². The molecule has 2 rings (SSSR count). The predicted octanol–water partition coefficient (Wildman–Crippen LogP) is 3.29. The number of thiazole rings is 1. The highest BCUT2D eigenvalue weighted by molar-refractivity contribution is 7.13. The summed E-state index contributed by atoms with van der Waals surface area (Å²) in [5.74, 6) is 0.739. The molecule has 3 N–H and O–H groups in total. The van der Waals surface area contributed by atoms with Gasteiger partial charge in [-0.25, -0.2) is 4.98 Å². The molecule has 0 bridgehead atoms. The molecule has 1 amide bonds. The summed E-state index contributed by atoms with van der Waals surface area (Å²) in [7, 11) is 0. The fourth-order valence-corrected chi connectivity index (χ4v) is 2.68. The van der Waals surface area contributed by atoms with E-state index in [4.69, 9.17) is 5.73 Å². The van der Waals surface area contributed by atoms with E-state index in [9.17, 15) is 4.79 Å². The molecule has 1 aliphatic carbocycles. The Balaban J connectivity index is 0.00000180. The van der Waals surface area contributed by atoms with Gasteiger partial charge in [-0.15, -0.1) is 23.7 Å². The highest BCUT2D eigenvalue weighted by Gasteiger charge is 2.26. The Morgan fingerprint density at radius 2 is 2.11 bits per heavy atom. The summed E-state index contributed by atoms with van der Waals surface area (Å²) in [6, 6.07) is 0. The summed E-state index contributed by atoms with van der Waals surface area (Å²) >= 11 is 1.53. The lowest BCUT2D eigenvalue weighted by molar-refractivity contribution is -0.116. The molecule has 1 heterocycles. The zero-order chi connectivity index (χ0) is 12.8.